The minimum atomic E-state index is -1.06. The Bertz CT molecular complexity index is 1010. The molecule has 0 saturated carbocycles. The zero-order valence-electron chi connectivity index (χ0n) is 14.8. The van der Waals surface area contributed by atoms with Crippen LogP contribution in [0.3, 0.4) is 0 Å². The van der Waals surface area contributed by atoms with Crippen LogP contribution in [0.1, 0.15) is 25.5 Å². The number of hydrogen-bond donors (Lipinski definition) is 2. The van der Waals surface area contributed by atoms with Gasteiger partial charge in [0.2, 0.25) is 0 Å². The number of nitrogens with one attached hydrogen (secondary N) is 1. The maximum absolute atomic E-state index is 12.4. The topological polar surface area (TPSA) is 138 Å². The molecule has 3 N–H and O–H groups in total. The van der Waals surface area contributed by atoms with Gasteiger partial charge in [0.15, 0.2) is 0 Å². The first-order valence-electron chi connectivity index (χ1n) is 8.23. The molecule has 146 valence electrons. The maximum atomic E-state index is 12.4. The average Bonchev–Trinajstić information content (AvgIpc) is 3.21. The first-order chi connectivity index (χ1) is 13.0. The Morgan fingerprint density at radius 1 is 1.41 bits per heavy atom. The molecule has 10 nitrogen and oxygen atoms in total. The Hall–Kier alpha value is -2.57. The second kappa shape index (κ2) is 8.41. The van der Waals surface area contributed by atoms with Crippen LogP contribution in [-0.4, -0.2) is 37.4 Å². The second-order valence-corrected chi connectivity index (χ2v) is 8.06. The number of anilines is 1. The predicted molar refractivity (Wildman–Crippen MR) is 91.5 cm³/mol. The van der Waals surface area contributed by atoms with Gasteiger partial charge in [-0.1, -0.05) is 0 Å². The number of halogens is 1. The molecule has 3 aromatic heterocycles. The molecule has 11 heteroatoms. The van der Waals surface area contributed by atoms with Crippen LogP contribution in [0.2, 0.25) is 0 Å². The molecule has 0 aliphatic carbocycles. The van der Waals surface area contributed by atoms with E-state index in [9.17, 15) is 9.59 Å². The standard InChI is InChI=1S/C16H19IN5O5/c1-3-4-7-26-15-20-13(18)12-14(21-15)22(16(24)19-12)17-10-6-5-9(27-10)8-11(23)25-2/h5-6H,3-4,7-8H2,1-2H3,(H,19,24)(H2,18,20,21)/q-1. The number of esters is 1. The van der Waals surface area contributed by atoms with Crippen molar-refractivity contribution in [3.63, 3.8) is 0 Å². The number of H-pyrrole nitrogens is 1. The third-order valence-corrected chi connectivity index (χ3v) is 6.00. The SMILES string of the molecule is CCCCOc1nc(N)c2[nH]c(=O)n([I-]c3ccc(CC(=O)OC)o3)c2n1. The van der Waals surface area contributed by atoms with E-state index >= 15 is 0 Å². The van der Waals surface area contributed by atoms with E-state index in [0.717, 1.165) is 12.8 Å². The molecule has 3 heterocycles. The van der Waals surface area contributed by atoms with Crippen LogP contribution in [0.4, 0.5) is 5.82 Å². The number of nitrogens with two attached hydrogens (primary N) is 1. The van der Waals surface area contributed by atoms with Crippen molar-refractivity contribution in [1.82, 2.24) is 17.7 Å². The van der Waals surface area contributed by atoms with Crippen molar-refractivity contribution in [1.29, 1.82) is 0 Å². The molecule has 0 fully saturated rings. The van der Waals surface area contributed by atoms with Gasteiger partial charge in [-0.25, -0.2) is 0 Å². The van der Waals surface area contributed by atoms with Gasteiger partial charge in [-0.05, 0) is 0 Å². The zero-order valence-corrected chi connectivity index (χ0v) is 17.0. The van der Waals surface area contributed by atoms with E-state index in [2.05, 4.69) is 19.7 Å². The molecule has 0 saturated heterocycles. The van der Waals surface area contributed by atoms with Gasteiger partial charge >= 0.3 is 165 Å². The number of ether oxygens (including phenoxy) is 2. The summed E-state index contributed by atoms with van der Waals surface area (Å²) in [5.74, 6) is 0.229. The predicted octanol–water partition coefficient (Wildman–Crippen LogP) is -2.09. The van der Waals surface area contributed by atoms with Gasteiger partial charge in [-0.2, -0.15) is 0 Å². The zero-order chi connectivity index (χ0) is 19.4. The van der Waals surface area contributed by atoms with Crippen LogP contribution in [0.5, 0.6) is 6.01 Å². The normalized spacial score (nSPS) is 11.2. The van der Waals surface area contributed by atoms with Crippen molar-refractivity contribution in [3.05, 3.63) is 32.1 Å². The Morgan fingerprint density at radius 3 is 2.96 bits per heavy atom. The molecular weight excluding hydrogens is 469 g/mol. The molecule has 0 radical (unpaired) electrons. The first kappa shape index (κ1) is 19.2. The molecule has 0 spiro atoms. The molecule has 3 aromatic rings. The monoisotopic (exact) mass is 488 g/mol. The number of fused-ring (bicyclic) bond motifs is 1. The molecule has 0 aliphatic heterocycles. The van der Waals surface area contributed by atoms with E-state index in [1.54, 1.807) is 12.1 Å². The van der Waals surface area contributed by atoms with Crippen LogP contribution < -0.4 is 37.6 Å². The van der Waals surface area contributed by atoms with Crippen molar-refractivity contribution in [3.8, 4) is 6.01 Å². The fourth-order valence-electron chi connectivity index (χ4n) is 2.20. The summed E-state index contributed by atoms with van der Waals surface area (Å²) in [4.78, 5) is 34.8. The Balaban J connectivity index is 1.88. The van der Waals surface area contributed by atoms with Gasteiger partial charge < -0.3 is 0 Å². The first-order valence-corrected chi connectivity index (χ1v) is 10.3. The summed E-state index contributed by atoms with van der Waals surface area (Å²) < 4.78 is 17.9. The summed E-state index contributed by atoms with van der Waals surface area (Å²) in [6.45, 7) is 2.52. The summed E-state index contributed by atoms with van der Waals surface area (Å²) >= 11 is -1.06. The van der Waals surface area contributed by atoms with E-state index < -0.39 is 27.4 Å². The fraction of sp³-hybridized carbons (Fsp3) is 0.375. The molecule has 0 aliphatic rings. The van der Waals surface area contributed by atoms with Crippen molar-refractivity contribution >= 4 is 23.0 Å². The molecule has 0 amide bonds. The van der Waals surface area contributed by atoms with E-state index in [-0.39, 0.29) is 23.9 Å². The third-order valence-electron chi connectivity index (χ3n) is 3.57. The van der Waals surface area contributed by atoms with Crippen LogP contribution in [0, 0.1) is 3.77 Å². The van der Waals surface area contributed by atoms with Gasteiger partial charge in [0.05, 0.1) is 0 Å². The number of rotatable bonds is 8. The molecule has 0 atom stereocenters. The number of aromatic nitrogens is 4. The number of nitrogen functional groups attached to an aromatic ring is 1. The number of furan rings is 1. The number of imidazole rings is 1. The van der Waals surface area contributed by atoms with Gasteiger partial charge in [-0.15, -0.1) is 0 Å². The molecular formula is C16H19IN5O5-. The van der Waals surface area contributed by atoms with Crippen molar-refractivity contribution in [2.45, 2.75) is 26.2 Å². The molecule has 0 aromatic carbocycles. The summed E-state index contributed by atoms with van der Waals surface area (Å²) in [6.07, 6.45) is 1.88. The number of methoxy groups -OCH3 is 1. The van der Waals surface area contributed by atoms with Gasteiger partial charge in [0.25, 0.3) is 0 Å². The number of hydrogen-bond acceptors (Lipinski definition) is 8. The van der Waals surface area contributed by atoms with Crippen LogP contribution in [0.25, 0.3) is 11.2 Å². The van der Waals surface area contributed by atoms with E-state index in [0.29, 0.717) is 27.3 Å². The number of aromatic amines is 1. The second-order valence-electron chi connectivity index (χ2n) is 5.55. The molecule has 0 bridgehead atoms. The number of carbonyl (C=O) groups is 1. The summed E-state index contributed by atoms with van der Waals surface area (Å²) in [5.41, 5.74) is 6.32. The average molecular weight is 488 g/mol. The van der Waals surface area contributed by atoms with E-state index in [1.165, 1.54) is 9.89 Å². The summed E-state index contributed by atoms with van der Waals surface area (Å²) in [6, 6.07) is 3.56. The fourth-order valence-corrected chi connectivity index (χ4v) is 4.31. The van der Waals surface area contributed by atoms with E-state index in [4.69, 9.17) is 14.9 Å². The van der Waals surface area contributed by atoms with Crippen LogP contribution >= 0.6 is 0 Å². The van der Waals surface area contributed by atoms with Gasteiger partial charge in [0.1, 0.15) is 0 Å². The minimum absolute atomic E-state index is 0.0353. The van der Waals surface area contributed by atoms with Crippen molar-refractivity contribution < 1.29 is 40.2 Å². The Kier molecular flexibility index (Phi) is 5.98. The molecule has 3 rings (SSSR count). The molecule has 0 unspecified atom stereocenters. The van der Waals surface area contributed by atoms with Gasteiger partial charge in [-0.3, -0.25) is 0 Å². The van der Waals surface area contributed by atoms with Gasteiger partial charge in [0, 0.05) is 0 Å². The third kappa shape index (κ3) is 4.40. The van der Waals surface area contributed by atoms with Crippen molar-refractivity contribution in [2.75, 3.05) is 19.5 Å². The summed E-state index contributed by atoms with van der Waals surface area (Å²) in [5, 5.41) is 0. The van der Waals surface area contributed by atoms with Crippen molar-refractivity contribution in [2.24, 2.45) is 0 Å². The number of nitrogens with zero attached hydrogens (tertiary/aromatic N) is 3. The van der Waals surface area contributed by atoms with E-state index in [1.807, 2.05) is 6.92 Å². The number of carbonyl (C=O) groups excluding carboxylic acids is 1. The molecule has 27 heavy (non-hydrogen) atoms. The van der Waals surface area contributed by atoms with Crippen LogP contribution in [-0.2, 0) is 16.0 Å². The summed E-state index contributed by atoms with van der Waals surface area (Å²) in [7, 11) is 1.31. The Labute approximate surface area is 164 Å². The van der Waals surface area contributed by atoms with Crippen LogP contribution in [0.15, 0.2) is 21.3 Å². The number of unbranched alkanes of at least 4 members (excludes halogenated alkanes) is 1. The Morgan fingerprint density at radius 2 is 2.22 bits per heavy atom. The quantitative estimate of drug-likeness (QED) is 0.209.